The topological polar surface area (TPSA) is 79.3 Å². The molecule has 0 rings (SSSR count). The Morgan fingerprint density at radius 3 is 2.25 bits per heavy atom. The van der Waals surface area contributed by atoms with E-state index in [2.05, 4.69) is 28.6 Å². The summed E-state index contributed by atoms with van der Waals surface area (Å²) in [5.74, 6) is 0.898. The predicted octanol–water partition coefficient (Wildman–Crippen LogP) is 1.41. The fourth-order valence-corrected chi connectivity index (χ4v) is 0.467. The standard InChI is InChI=1S/C3H8N2S.CH5O2PS2/c1-2-6-3(4)5;1-3-4(2,5)6/h2H2,1H3,(H3,4,5);1H3,(H2,2,5,6). The highest BCUT2D eigenvalue weighted by Crippen LogP contribution is 2.45. The summed E-state index contributed by atoms with van der Waals surface area (Å²) in [6, 6.07) is 0. The van der Waals surface area contributed by atoms with Crippen LogP contribution in [0, 0.1) is 5.41 Å². The quantitative estimate of drug-likeness (QED) is 0.257. The van der Waals surface area contributed by atoms with Gasteiger partial charge in [-0.2, -0.15) is 0 Å². The van der Waals surface area contributed by atoms with Gasteiger partial charge in [-0.05, 0) is 17.6 Å². The average Bonchev–Trinajstić information content (AvgIpc) is 1.87. The Morgan fingerprint density at radius 1 is 1.92 bits per heavy atom. The number of thioether (sulfide) groups is 1. The van der Waals surface area contributed by atoms with Crippen molar-refractivity contribution < 1.29 is 9.42 Å². The molecule has 0 saturated carbocycles. The van der Waals surface area contributed by atoms with Gasteiger partial charge in [0.15, 0.2) is 5.17 Å². The molecule has 8 heteroatoms. The molecule has 0 aliphatic heterocycles. The molecule has 0 amide bonds. The minimum Gasteiger partial charge on any atom is -0.379 e. The smallest absolute Gasteiger partial charge is 0.241 e. The van der Waals surface area contributed by atoms with Crippen molar-refractivity contribution in [3.63, 3.8) is 0 Å². The van der Waals surface area contributed by atoms with Crippen molar-refractivity contribution in [3.05, 3.63) is 0 Å². The van der Waals surface area contributed by atoms with Crippen molar-refractivity contribution in [2.45, 2.75) is 6.92 Å². The van der Waals surface area contributed by atoms with Crippen molar-refractivity contribution >= 4 is 46.7 Å². The number of rotatable bonds is 2. The third-order valence-electron chi connectivity index (χ3n) is 0.538. The zero-order valence-corrected chi connectivity index (χ0v) is 10.3. The van der Waals surface area contributed by atoms with Crippen molar-refractivity contribution in [2.24, 2.45) is 5.73 Å². The fourth-order valence-electron chi connectivity index (χ4n) is 0.156. The number of hydrogen-bond donors (Lipinski definition) is 4. The summed E-state index contributed by atoms with van der Waals surface area (Å²) < 4.78 is 4.28. The van der Waals surface area contributed by atoms with Gasteiger partial charge in [0.25, 0.3) is 0 Å². The van der Waals surface area contributed by atoms with Crippen LogP contribution < -0.4 is 5.73 Å². The molecule has 1 unspecified atom stereocenters. The van der Waals surface area contributed by atoms with Crippen molar-refractivity contribution in [3.8, 4) is 0 Å². The lowest BCUT2D eigenvalue weighted by atomic mass is 11.0. The first-order chi connectivity index (χ1) is 5.33. The molecule has 0 aliphatic carbocycles. The Bertz CT molecular complexity index is 172. The van der Waals surface area contributed by atoms with Gasteiger partial charge < -0.3 is 15.2 Å². The maximum absolute atomic E-state index is 8.39. The van der Waals surface area contributed by atoms with E-state index in [1.165, 1.54) is 18.9 Å². The number of nitrogens with one attached hydrogen (secondary N) is 1. The van der Waals surface area contributed by atoms with Gasteiger partial charge in [0.1, 0.15) is 0 Å². The van der Waals surface area contributed by atoms with Crippen LogP contribution in [-0.2, 0) is 16.3 Å². The van der Waals surface area contributed by atoms with Gasteiger partial charge in [-0.25, -0.2) is 0 Å². The average molecular weight is 248 g/mol. The van der Waals surface area contributed by atoms with E-state index in [-0.39, 0.29) is 5.17 Å². The zero-order chi connectivity index (χ0) is 10.2. The molecule has 0 aliphatic rings. The Labute approximate surface area is 87.1 Å². The molecule has 0 spiro atoms. The number of thiol groups is 1. The molecule has 4 N–H and O–H groups in total. The third kappa shape index (κ3) is 22.4. The Morgan fingerprint density at radius 2 is 2.25 bits per heavy atom. The van der Waals surface area contributed by atoms with Gasteiger partial charge >= 0.3 is 0 Å². The zero-order valence-electron chi connectivity index (χ0n) is 6.85. The molecule has 0 heterocycles. The molecule has 0 fully saturated rings. The van der Waals surface area contributed by atoms with Gasteiger partial charge in [-0.3, -0.25) is 5.41 Å². The Kier molecular flexibility index (Phi) is 10.6. The second-order valence-electron chi connectivity index (χ2n) is 1.47. The number of nitrogens with two attached hydrogens (primary N) is 1. The van der Waals surface area contributed by atoms with Crippen LogP contribution in [0.4, 0.5) is 0 Å². The molecule has 0 bridgehead atoms. The largest absolute Gasteiger partial charge is 0.379 e. The molecule has 1 atom stereocenters. The van der Waals surface area contributed by atoms with E-state index >= 15 is 0 Å². The van der Waals surface area contributed by atoms with E-state index in [0.29, 0.717) is 0 Å². The van der Waals surface area contributed by atoms with Crippen LogP contribution in [0.15, 0.2) is 0 Å². The minimum atomic E-state index is -2.62. The summed E-state index contributed by atoms with van der Waals surface area (Å²) in [6.07, 6.45) is 0. The Hall–Kier alpha value is 0.740. The molecule has 4 nitrogen and oxygen atoms in total. The summed E-state index contributed by atoms with van der Waals surface area (Å²) >= 11 is 9.16. The molecule has 12 heavy (non-hydrogen) atoms. The summed E-state index contributed by atoms with van der Waals surface area (Å²) in [5.41, 5.74) is 2.33. The van der Waals surface area contributed by atoms with Crippen LogP contribution in [0.3, 0.4) is 0 Å². The summed E-state index contributed by atoms with van der Waals surface area (Å²) in [5, 5.41) is 6.84. The highest BCUT2D eigenvalue weighted by Gasteiger charge is 1.97. The molecule has 0 aromatic rings. The van der Waals surface area contributed by atoms with Crippen LogP contribution >= 0.6 is 29.7 Å². The lowest BCUT2D eigenvalue weighted by Gasteiger charge is -1.99. The summed E-state index contributed by atoms with van der Waals surface area (Å²) in [6.45, 7) is 1.96. The van der Waals surface area contributed by atoms with E-state index in [9.17, 15) is 0 Å². The molecular weight excluding hydrogens is 235 g/mol. The van der Waals surface area contributed by atoms with E-state index in [1.807, 2.05) is 6.92 Å². The van der Waals surface area contributed by atoms with Crippen molar-refractivity contribution in [1.82, 2.24) is 0 Å². The molecule has 0 saturated heterocycles. The lowest BCUT2D eigenvalue weighted by Crippen LogP contribution is -2.02. The van der Waals surface area contributed by atoms with Gasteiger partial charge in [0.2, 0.25) is 5.69 Å². The van der Waals surface area contributed by atoms with Crippen molar-refractivity contribution in [1.29, 1.82) is 5.41 Å². The van der Waals surface area contributed by atoms with Crippen LogP contribution in [0.1, 0.15) is 6.92 Å². The van der Waals surface area contributed by atoms with Crippen LogP contribution in [0.2, 0.25) is 0 Å². The lowest BCUT2D eigenvalue weighted by molar-refractivity contribution is 0.405. The van der Waals surface area contributed by atoms with Crippen LogP contribution in [0.5, 0.6) is 0 Å². The normalized spacial score (nSPS) is 14.0. The maximum atomic E-state index is 8.39. The third-order valence-corrected chi connectivity index (χ3v) is 2.55. The number of amidine groups is 1. The van der Waals surface area contributed by atoms with Gasteiger partial charge in [0, 0.05) is 7.11 Å². The Balaban J connectivity index is 0. The monoisotopic (exact) mass is 248 g/mol. The molecule has 0 aromatic carbocycles. The first kappa shape index (κ1) is 15.2. The molecule has 0 radical (unpaired) electrons. The van der Waals surface area contributed by atoms with E-state index in [4.69, 9.17) is 16.0 Å². The van der Waals surface area contributed by atoms with E-state index < -0.39 is 5.69 Å². The number of hydrogen-bond acceptors (Lipinski definition) is 4. The van der Waals surface area contributed by atoms with Crippen LogP contribution in [-0.4, -0.2) is 22.9 Å². The SMILES string of the molecule is CCSC(=N)N.COP(O)(=S)S. The first-order valence-electron chi connectivity index (χ1n) is 2.91. The molecular formula is C4H13N2O2PS3. The first-order valence-corrected chi connectivity index (χ1v) is 7.72. The fraction of sp³-hybridized carbons (Fsp3) is 0.750. The predicted molar refractivity (Wildman–Crippen MR) is 62.5 cm³/mol. The molecule has 74 valence electrons. The maximum Gasteiger partial charge on any atom is 0.241 e. The van der Waals surface area contributed by atoms with Gasteiger partial charge in [0.05, 0.1) is 0 Å². The van der Waals surface area contributed by atoms with Gasteiger partial charge in [-0.1, -0.05) is 30.9 Å². The highest BCUT2D eigenvalue weighted by atomic mass is 32.9. The van der Waals surface area contributed by atoms with E-state index in [0.717, 1.165) is 5.75 Å². The summed E-state index contributed by atoms with van der Waals surface area (Å²) in [4.78, 5) is 8.39. The minimum absolute atomic E-state index is 0.206. The van der Waals surface area contributed by atoms with E-state index in [1.54, 1.807) is 0 Å². The van der Waals surface area contributed by atoms with Crippen LogP contribution in [0.25, 0.3) is 0 Å². The second kappa shape index (κ2) is 8.34. The van der Waals surface area contributed by atoms with Gasteiger partial charge in [-0.15, -0.1) is 0 Å². The second-order valence-corrected chi connectivity index (χ2v) is 8.05. The van der Waals surface area contributed by atoms with Crippen molar-refractivity contribution in [2.75, 3.05) is 12.9 Å². The highest BCUT2D eigenvalue weighted by molar-refractivity contribution is 8.59. The summed E-state index contributed by atoms with van der Waals surface area (Å²) in [7, 11) is 1.33. The molecule has 0 aromatic heterocycles.